The first kappa shape index (κ1) is 12.4. The van der Waals surface area contributed by atoms with Gasteiger partial charge in [0.2, 0.25) is 0 Å². The van der Waals surface area contributed by atoms with Crippen LogP contribution in [0.2, 0.25) is 0 Å². The Bertz CT molecular complexity index is 523. The van der Waals surface area contributed by atoms with Gasteiger partial charge in [-0.1, -0.05) is 26.0 Å². The minimum Gasteiger partial charge on any atom is -0.381 e. The van der Waals surface area contributed by atoms with Gasteiger partial charge >= 0.3 is 0 Å². The molecule has 2 rings (SSSR count). The highest BCUT2D eigenvalue weighted by molar-refractivity contribution is 9.10. The van der Waals surface area contributed by atoms with Crippen molar-refractivity contribution >= 4 is 32.5 Å². The van der Waals surface area contributed by atoms with Crippen LogP contribution in [0.25, 0.3) is 10.9 Å². The lowest BCUT2D eigenvalue weighted by Gasteiger charge is -2.19. The van der Waals surface area contributed by atoms with E-state index < -0.39 is 0 Å². The quantitative estimate of drug-likeness (QED) is 0.904. The molecule has 90 valence electrons. The van der Waals surface area contributed by atoms with E-state index in [2.05, 4.69) is 71.3 Å². The van der Waals surface area contributed by atoms with Crippen molar-refractivity contribution in [3.63, 3.8) is 0 Å². The van der Waals surface area contributed by atoms with Gasteiger partial charge in [-0.2, -0.15) is 0 Å². The van der Waals surface area contributed by atoms with Crippen molar-refractivity contribution < 1.29 is 0 Å². The van der Waals surface area contributed by atoms with Gasteiger partial charge in [-0.25, -0.2) is 0 Å². The third-order valence-corrected chi connectivity index (χ3v) is 3.49. The molecule has 0 aliphatic carbocycles. The molecule has 1 aromatic carbocycles. The second-order valence-corrected chi connectivity index (χ2v) is 5.62. The number of rotatable bonds is 3. The number of hydrogen-bond donors (Lipinski definition) is 1. The normalized spacial score (nSPS) is 13.0. The number of aromatic nitrogens is 1. The maximum atomic E-state index is 4.48. The summed E-state index contributed by atoms with van der Waals surface area (Å²) >= 11 is 3.45. The van der Waals surface area contributed by atoms with Crippen molar-refractivity contribution in [1.29, 1.82) is 0 Å². The average Bonchev–Trinajstić information content (AvgIpc) is 2.28. The predicted octanol–water partition coefficient (Wildman–Crippen LogP) is 4.45. The van der Waals surface area contributed by atoms with E-state index in [-0.39, 0.29) is 0 Å². The highest BCUT2D eigenvalue weighted by Gasteiger charge is 2.09. The van der Waals surface area contributed by atoms with Crippen LogP contribution in [-0.2, 0) is 0 Å². The molecule has 1 atom stereocenters. The van der Waals surface area contributed by atoms with E-state index in [1.807, 2.05) is 6.20 Å². The zero-order valence-electron chi connectivity index (χ0n) is 10.4. The third-order valence-electron chi connectivity index (χ3n) is 3.06. The average molecular weight is 293 g/mol. The van der Waals surface area contributed by atoms with E-state index in [0.717, 1.165) is 21.1 Å². The van der Waals surface area contributed by atoms with E-state index in [9.17, 15) is 0 Å². The highest BCUT2D eigenvalue weighted by atomic mass is 79.9. The van der Waals surface area contributed by atoms with Gasteiger partial charge in [0.1, 0.15) is 0 Å². The van der Waals surface area contributed by atoms with Crippen molar-refractivity contribution in [3.05, 3.63) is 34.9 Å². The summed E-state index contributed by atoms with van der Waals surface area (Å²) in [6, 6.07) is 8.76. The Morgan fingerprint density at radius 2 is 2.00 bits per heavy atom. The number of pyridine rings is 1. The molecule has 1 unspecified atom stereocenters. The zero-order valence-corrected chi connectivity index (χ0v) is 12.0. The van der Waals surface area contributed by atoms with Crippen LogP contribution in [0.3, 0.4) is 0 Å². The van der Waals surface area contributed by atoms with Gasteiger partial charge in [-0.15, -0.1) is 0 Å². The molecule has 0 fully saturated rings. The number of fused-ring (bicyclic) bond motifs is 1. The predicted molar refractivity (Wildman–Crippen MR) is 77.4 cm³/mol. The Balaban J connectivity index is 2.41. The van der Waals surface area contributed by atoms with Gasteiger partial charge in [0.25, 0.3) is 0 Å². The lowest BCUT2D eigenvalue weighted by molar-refractivity contribution is 0.560. The van der Waals surface area contributed by atoms with E-state index in [4.69, 9.17) is 0 Å². The highest BCUT2D eigenvalue weighted by Crippen LogP contribution is 2.25. The number of benzene rings is 1. The van der Waals surface area contributed by atoms with Crippen molar-refractivity contribution in [2.45, 2.75) is 26.8 Å². The topological polar surface area (TPSA) is 24.9 Å². The van der Waals surface area contributed by atoms with Gasteiger partial charge in [-0.3, -0.25) is 4.98 Å². The van der Waals surface area contributed by atoms with E-state index in [1.54, 1.807) is 0 Å². The summed E-state index contributed by atoms with van der Waals surface area (Å²) in [6.07, 6.45) is 1.84. The molecule has 17 heavy (non-hydrogen) atoms. The van der Waals surface area contributed by atoms with Crippen LogP contribution in [0.15, 0.2) is 34.9 Å². The molecule has 0 bridgehead atoms. The third kappa shape index (κ3) is 2.78. The zero-order chi connectivity index (χ0) is 12.4. The Morgan fingerprint density at radius 1 is 1.24 bits per heavy atom. The number of hydrogen-bond acceptors (Lipinski definition) is 2. The summed E-state index contributed by atoms with van der Waals surface area (Å²) < 4.78 is 1.01. The fourth-order valence-electron chi connectivity index (χ4n) is 1.66. The van der Waals surface area contributed by atoms with Gasteiger partial charge in [0.15, 0.2) is 0 Å². The fraction of sp³-hybridized carbons (Fsp3) is 0.357. The molecule has 1 heterocycles. The number of halogens is 1. The van der Waals surface area contributed by atoms with E-state index in [0.29, 0.717) is 12.0 Å². The molecule has 0 amide bonds. The van der Waals surface area contributed by atoms with Crippen LogP contribution in [0, 0.1) is 5.92 Å². The first-order chi connectivity index (χ1) is 8.08. The van der Waals surface area contributed by atoms with Crippen LogP contribution in [0.1, 0.15) is 20.8 Å². The Hall–Kier alpha value is -1.09. The second kappa shape index (κ2) is 5.05. The summed E-state index contributed by atoms with van der Waals surface area (Å²) in [6.45, 7) is 6.63. The van der Waals surface area contributed by atoms with Crippen molar-refractivity contribution in [1.82, 2.24) is 4.98 Å². The smallest absolute Gasteiger partial charge is 0.0934 e. The molecule has 0 radical (unpaired) electrons. The SMILES string of the molecule is CC(C)C(C)Nc1cccc2cc(Br)cnc12. The van der Waals surface area contributed by atoms with Crippen molar-refractivity contribution in [2.75, 3.05) is 5.32 Å². The Morgan fingerprint density at radius 3 is 2.71 bits per heavy atom. The first-order valence-electron chi connectivity index (χ1n) is 5.88. The maximum absolute atomic E-state index is 4.48. The van der Waals surface area contributed by atoms with Gasteiger partial charge in [0.05, 0.1) is 11.2 Å². The molecular weight excluding hydrogens is 276 g/mol. The van der Waals surface area contributed by atoms with Crippen molar-refractivity contribution in [2.24, 2.45) is 5.92 Å². The molecule has 0 aliphatic heterocycles. The summed E-state index contributed by atoms with van der Waals surface area (Å²) in [5.74, 6) is 0.598. The summed E-state index contributed by atoms with van der Waals surface area (Å²) in [5.41, 5.74) is 2.14. The summed E-state index contributed by atoms with van der Waals surface area (Å²) in [4.78, 5) is 4.48. The molecule has 2 nitrogen and oxygen atoms in total. The molecule has 1 aromatic heterocycles. The Kier molecular flexibility index (Phi) is 3.67. The first-order valence-corrected chi connectivity index (χ1v) is 6.68. The van der Waals surface area contributed by atoms with Gasteiger partial charge < -0.3 is 5.32 Å². The maximum Gasteiger partial charge on any atom is 0.0934 e. The van der Waals surface area contributed by atoms with Crippen LogP contribution < -0.4 is 5.32 Å². The summed E-state index contributed by atoms with van der Waals surface area (Å²) in [7, 11) is 0. The lowest BCUT2D eigenvalue weighted by atomic mass is 10.1. The number of nitrogens with one attached hydrogen (secondary N) is 1. The van der Waals surface area contributed by atoms with Crippen LogP contribution in [0.4, 0.5) is 5.69 Å². The molecule has 1 N–H and O–H groups in total. The van der Waals surface area contributed by atoms with Crippen LogP contribution in [-0.4, -0.2) is 11.0 Å². The fourth-order valence-corrected chi connectivity index (χ4v) is 2.01. The number of para-hydroxylation sites is 1. The second-order valence-electron chi connectivity index (χ2n) is 4.71. The van der Waals surface area contributed by atoms with Gasteiger partial charge in [-0.05, 0) is 40.9 Å². The minimum absolute atomic E-state index is 0.436. The summed E-state index contributed by atoms with van der Waals surface area (Å²) in [5, 5.41) is 4.68. The van der Waals surface area contributed by atoms with Gasteiger partial charge in [0, 0.05) is 22.1 Å². The van der Waals surface area contributed by atoms with Crippen molar-refractivity contribution in [3.8, 4) is 0 Å². The lowest BCUT2D eigenvalue weighted by Crippen LogP contribution is -2.21. The Labute approximate surface area is 111 Å². The minimum atomic E-state index is 0.436. The monoisotopic (exact) mass is 292 g/mol. The molecule has 0 saturated carbocycles. The molecule has 0 aliphatic rings. The van der Waals surface area contributed by atoms with E-state index >= 15 is 0 Å². The van der Waals surface area contributed by atoms with Crippen LogP contribution >= 0.6 is 15.9 Å². The number of anilines is 1. The molecule has 2 aromatic rings. The molecule has 3 heteroatoms. The van der Waals surface area contributed by atoms with Crippen LogP contribution in [0.5, 0.6) is 0 Å². The number of nitrogens with zero attached hydrogens (tertiary/aromatic N) is 1. The molecular formula is C14H17BrN2. The largest absolute Gasteiger partial charge is 0.381 e. The molecule has 0 saturated heterocycles. The molecule has 0 spiro atoms. The van der Waals surface area contributed by atoms with E-state index in [1.165, 1.54) is 0 Å². The standard InChI is InChI=1S/C14H17BrN2/c1-9(2)10(3)17-13-6-4-5-11-7-12(15)8-16-14(11)13/h4-10,17H,1-3H3.